The highest BCUT2D eigenvalue weighted by atomic mass is 16.2. The molecular weight excluding hydrogens is 496 g/mol. The Morgan fingerprint density at radius 1 is 1.00 bits per heavy atom. The van der Waals surface area contributed by atoms with Crippen molar-refractivity contribution in [3.63, 3.8) is 0 Å². The van der Waals surface area contributed by atoms with Crippen LogP contribution in [-0.2, 0) is 16.8 Å². The third-order valence-electron chi connectivity index (χ3n) is 7.22. The van der Waals surface area contributed by atoms with Crippen LogP contribution in [0.4, 0.5) is 0 Å². The normalized spacial score (nSPS) is 15.5. The SMILES string of the molecule is C/C=C(/NC/C=C/C1=NCC=CN1)C(=O)NCc1ccccc1C(C)=O.CC1(c2ccc3ccccc3c2)CC1. The minimum Gasteiger partial charge on any atom is -0.377 e. The van der Waals surface area contributed by atoms with Gasteiger partial charge in [0.05, 0.1) is 12.2 Å². The van der Waals surface area contributed by atoms with Gasteiger partial charge in [-0.05, 0) is 66.2 Å². The highest BCUT2D eigenvalue weighted by molar-refractivity contribution is 5.96. The molecule has 1 aliphatic heterocycles. The highest BCUT2D eigenvalue weighted by Crippen LogP contribution is 2.47. The number of amidine groups is 1. The summed E-state index contributed by atoms with van der Waals surface area (Å²) in [6.45, 7) is 7.15. The molecule has 0 bridgehead atoms. The van der Waals surface area contributed by atoms with E-state index in [1.54, 1.807) is 19.1 Å². The number of benzene rings is 3. The fourth-order valence-electron chi connectivity index (χ4n) is 4.48. The van der Waals surface area contributed by atoms with E-state index in [2.05, 4.69) is 70.3 Å². The molecule has 1 fully saturated rings. The average Bonchev–Trinajstić information content (AvgIpc) is 3.75. The summed E-state index contributed by atoms with van der Waals surface area (Å²) in [6, 6.07) is 22.7. The van der Waals surface area contributed by atoms with Crippen molar-refractivity contribution < 1.29 is 9.59 Å². The molecule has 6 nitrogen and oxygen atoms in total. The number of rotatable bonds is 9. The van der Waals surface area contributed by atoms with Gasteiger partial charge < -0.3 is 16.0 Å². The quantitative estimate of drug-likeness (QED) is 0.234. The van der Waals surface area contributed by atoms with Crippen LogP contribution in [0.25, 0.3) is 10.8 Å². The molecule has 206 valence electrons. The maximum atomic E-state index is 12.3. The number of hydrogen-bond donors (Lipinski definition) is 3. The van der Waals surface area contributed by atoms with E-state index in [0.29, 0.717) is 36.3 Å². The third kappa shape index (κ3) is 7.79. The topological polar surface area (TPSA) is 82.6 Å². The first-order valence-corrected chi connectivity index (χ1v) is 13.8. The van der Waals surface area contributed by atoms with E-state index in [9.17, 15) is 9.59 Å². The summed E-state index contributed by atoms with van der Waals surface area (Å²) in [5.74, 6) is 0.565. The number of carbonyl (C=O) groups is 2. The number of hydrogen-bond acceptors (Lipinski definition) is 5. The summed E-state index contributed by atoms with van der Waals surface area (Å²) in [7, 11) is 0. The predicted octanol–water partition coefficient (Wildman–Crippen LogP) is 5.96. The van der Waals surface area contributed by atoms with Gasteiger partial charge in [-0.15, -0.1) is 0 Å². The van der Waals surface area contributed by atoms with Crippen LogP contribution >= 0.6 is 0 Å². The lowest BCUT2D eigenvalue weighted by molar-refractivity contribution is -0.118. The molecule has 3 aromatic rings. The number of fused-ring (bicyclic) bond motifs is 1. The van der Waals surface area contributed by atoms with Gasteiger partial charge in [-0.2, -0.15) is 0 Å². The van der Waals surface area contributed by atoms with E-state index in [-0.39, 0.29) is 11.7 Å². The van der Waals surface area contributed by atoms with Crippen LogP contribution in [0, 0.1) is 0 Å². The second-order valence-electron chi connectivity index (χ2n) is 10.3. The van der Waals surface area contributed by atoms with E-state index in [1.165, 1.54) is 36.1 Å². The Balaban J connectivity index is 0.000000219. The van der Waals surface area contributed by atoms with E-state index in [0.717, 1.165) is 11.4 Å². The van der Waals surface area contributed by atoms with Crippen molar-refractivity contribution in [1.29, 1.82) is 0 Å². The van der Waals surface area contributed by atoms with Gasteiger partial charge in [0.25, 0.3) is 5.91 Å². The molecule has 0 unspecified atom stereocenters. The van der Waals surface area contributed by atoms with E-state index >= 15 is 0 Å². The Morgan fingerprint density at radius 2 is 1.75 bits per heavy atom. The third-order valence-corrected chi connectivity index (χ3v) is 7.22. The van der Waals surface area contributed by atoms with Crippen molar-refractivity contribution in [3.05, 3.63) is 120 Å². The van der Waals surface area contributed by atoms with Gasteiger partial charge in [-0.3, -0.25) is 14.6 Å². The molecule has 1 heterocycles. The first-order valence-electron chi connectivity index (χ1n) is 13.8. The first kappa shape index (κ1) is 28.6. The van der Waals surface area contributed by atoms with Crippen molar-refractivity contribution in [1.82, 2.24) is 16.0 Å². The molecule has 40 heavy (non-hydrogen) atoms. The molecule has 1 amide bonds. The maximum absolute atomic E-state index is 12.3. The second-order valence-corrected chi connectivity index (χ2v) is 10.3. The number of carbonyl (C=O) groups excluding carboxylic acids is 2. The molecule has 2 aliphatic rings. The lowest BCUT2D eigenvalue weighted by atomic mass is 9.96. The Bertz CT molecular complexity index is 1480. The fraction of sp³-hybridized carbons (Fsp3) is 0.265. The van der Waals surface area contributed by atoms with Crippen LogP contribution in [-0.4, -0.2) is 30.6 Å². The number of ketones is 1. The molecule has 1 saturated carbocycles. The average molecular weight is 535 g/mol. The van der Waals surface area contributed by atoms with Gasteiger partial charge in [0.1, 0.15) is 5.84 Å². The van der Waals surface area contributed by atoms with Crippen LogP contribution in [0.15, 0.2) is 108 Å². The Labute approximate surface area is 237 Å². The minimum atomic E-state index is -0.213. The Hall–Kier alpha value is -4.45. The fourth-order valence-corrected chi connectivity index (χ4v) is 4.48. The molecule has 1 aliphatic carbocycles. The van der Waals surface area contributed by atoms with Gasteiger partial charge in [-0.25, -0.2) is 0 Å². The Kier molecular flexibility index (Phi) is 9.68. The van der Waals surface area contributed by atoms with Crippen LogP contribution < -0.4 is 16.0 Å². The molecule has 0 radical (unpaired) electrons. The zero-order chi connectivity index (χ0) is 28.4. The molecule has 0 saturated heterocycles. The van der Waals surface area contributed by atoms with Gasteiger partial charge >= 0.3 is 0 Å². The van der Waals surface area contributed by atoms with Crippen molar-refractivity contribution in [3.8, 4) is 0 Å². The van der Waals surface area contributed by atoms with Gasteiger partial charge in [-0.1, -0.05) is 85.8 Å². The zero-order valence-corrected chi connectivity index (χ0v) is 23.5. The number of amides is 1. The lowest BCUT2D eigenvalue weighted by Crippen LogP contribution is -2.32. The van der Waals surface area contributed by atoms with Gasteiger partial charge in [0.15, 0.2) is 5.78 Å². The maximum Gasteiger partial charge on any atom is 0.267 e. The van der Waals surface area contributed by atoms with Crippen molar-refractivity contribution >= 4 is 28.3 Å². The molecule has 3 aromatic carbocycles. The van der Waals surface area contributed by atoms with Crippen molar-refractivity contribution in [2.75, 3.05) is 13.1 Å². The molecule has 6 heteroatoms. The van der Waals surface area contributed by atoms with Crippen molar-refractivity contribution in [2.24, 2.45) is 4.99 Å². The summed E-state index contributed by atoms with van der Waals surface area (Å²) < 4.78 is 0. The lowest BCUT2D eigenvalue weighted by Gasteiger charge is -2.12. The van der Waals surface area contributed by atoms with Crippen LogP contribution in [0.3, 0.4) is 0 Å². The standard InChI is InChI=1S/C20H24N4O2.C14H14/c1-3-18(21-11-6-10-19-22-12-7-13-23-19)20(26)24-14-16-8-4-5-9-17(16)15(2)25;1-14(8-9-14)13-7-6-11-4-2-3-5-12(11)10-13/h3-10,12,21H,11,13-14H2,1-2H3,(H,22,23)(H,24,26);2-7,10H,8-9H2,1H3/b10-6+,18-3+;. The molecule has 0 spiro atoms. The smallest absolute Gasteiger partial charge is 0.267 e. The predicted molar refractivity (Wildman–Crippen MR) is 164 cm³/mol. The number of aliphatic imine (C=N–C) groups is 1. The van der Waals surface area contributed by atoms with E-state index in [4.69, 9.17) is 0 Å². The minimum absolute atomic E-state index is 0.0153. The molecule has 5 rings (SSSR count). The summed E-state index contributed by atoms with van der Waals surface area (Å²) in [6.07, 6.45) is 12.0. The highest BCUT2D eigenvalue weighted by Gasteiger charge is 2.38. The van der Waals surface area contributed by atoms with Crippen LogP contribution in [0.2, 0.25) is 0 Å². The monoisotopic (exact) mass is 534 g/mol. The molecule has 0 atom stereocenters. The van der Waals surface area contributed by atoms with Crippen LogP contribution in [0.5, 0.6) is 0 Å². The van der Waals surface area contributed by atoms with Crippen molar-refractivity contribution in [2.45, 2.75) is 45.6 Å². The summed E-state index contributed by atoms with van der Waals surface area (Å²) >= 11 is 0. The molecule has 0 aromatic heterocycles. The van der Waals surface area contributed by atoms with Gasteiger partial charge in [0, 0.05) is 24.9 Å². The van der Waals surface area contributed by atoms with Gasteiger partial charge in [0.2, 0.25) is 0 Å². The summed E-state index contributed by atoms with van der Waals surface area (Å²) in [4.78, 5) is 28.2. The number of allylic oxidation sites excluding steroid dienone is 1. The molecular formula is C34H38N4O2. The zero-order valence-electron chi connectivity index (χ0n) is 23.5. The largest absolute Gasteiger partial charge is 0.377 e. The first-order chi connectivity index (χ1) is 19.4. The van der Waals surface area contributed by atoms with E-state index in [1.807, 2.05) is 42.6 Å². The number of nitrogens with one attached hydrogen (secondary N) is 3. The Morgan fingerprint density at radius 3 is 2.45 bits per heavy atom. The van der Waals surface area contributed by atoms with E-state index < -0.39 is 0 Å². The number of nitrogens with zero attached hydrogens (tertiary/aromatic N) is 1. The second kappa shape index (κ2) is 13.6. The van der Waals surface area contributed by atoms with Crippen LogP contribution in [0.1, 0.15) is 55.1 Å². The summed E-state index contributed by atoms with van der Waals surface area (Å²) in [5.41, 5.74) is 3.91. The summed E-state index contributed by atoms with van der Waals surface area (Å²) in [5, 5.41) is 11.7. The number of Topliss-reactive ketones (excluding diaryl/α,β-unsaturated/α-hetero) is 1. The molecule has 3 N–H and O–H groups in total.